The average molecular weight is 384 g/mol. The van der Waals surface area contributed by atoms with E-state index >= 15 is 0 Å². The van der Waals surface area contributed by atoms with Gasteiger partial charge in [0.15, 0.2) is 0 Å². The van der Waals surface area contributed by atoms with E-state index in [0.29, 0.717) is 27.7 Å². The van der Waals surface area contributed by atoms with E-state index in [1.807, 2.05) is 6.07 Å². The van der Waals surface area contributed by atoms with Gasteiger partial charge in [0.1, 0.15) is 11.5 Å². The second-order valence-corrected chi connectivity index (χ2v) is 6.03. The summed E-state index contributed by atoms with van der Waals surface area (Å²) in [6, 6.07) is 17.2. The van der Waals surface area contributed by atoms with Gasteiger partial charge in [-0.25, -0.2) is 5.43 Å². The van der Waals surface area contributed by atoms with Gasteiger partial charge in [0, 0.05) is 10.6 Å². The van der Waals surface area contributed by atoms with Gasteiger partial charge in [-0.15, -0.1) is 0 Å². The van der Waals surface area contributed by atoms with Crippen molar-refractivity contribution >= 4 is 35.3 Å². The Morgan fingerprint density at radius 3 is 2.73 bits per heavy atom. The fourth-order valence-corrected chi connectivity index (χ4v) is 2.75. The molecule has 0 unspecified atom stereocenters. The molecule has 1 amide bonds. The van der Waals surface area contributed by atoms with E-state index in [9.17, 15) is 4.79 Å². The van der Waals surface area contributed by atoms with Crippen LogP contribution >= 0.6 is 23.2 Å². The van der Waals surface area contributed by atoms with Gasteiger partial charge in [-0.1, -0.05) is 35.3 Å². The standard InChI is InChI=1S/C19H11Cl2N3O2/c20-13-5-7-16(17(21)9-13)19(25)24-23-11-14-6-8-18(26-14)15-4-2-1-3-12(15)10-22/h1-9,11H,(H,24,25)/b23-11+. The highest BCUT2D eigenvalue weighted by atomic mass is 35.5. The third-order valence-electron chi connectivity index (χ3n) is 3.47. The van der Waals surface area contributed by atoms with Gasteiger partial charge in [-0.2, -0.15) is 10.4 Å². The van der Waals surface area contributed by atoms with Crippen LogP contribution in [0.15, 0.2) is 64.1 Å². The molecule has 0 bridgehead atoms. The maximum Gasteiger partial charge on any atom is 0.272 e. The lowest BCUT2D eigenvalue weighted by Crippen LogP contribution is -2.17. The summed E-state index contributed by atoms with van der Waals surface area (Å²) in [5.41, 5.74) is 3.83. The van der Waals surface area contributed by atoms with Crippen LogP contribution in [0.25, 0.3) is 11.3 Å². The van der Waals surface area contributed by atoms with Crippen LogP contribution in [0.3, 0.4) is 0 Å². The van der Waals surface area contributed by atoms with Gasteiger partial charge in [0.2, 0.25) is 0 Å². The summed E-state index contributed by atoms with van der Waals surface area (Å²) in [5, 5.41) is 13.7. The van der Waals surface area contributed by atoms with Crippen LogP contribution in [-0.4, -0.2) is 12.1 Å². The second kappa shape index (κ2) is 7.87. The Bertz CT molecular complexity index is 1040. The smallest absolute Gasteiger partial charge is 0.272 e. The Labute approximate surface area is 159 Å². The zero-order valence-electron chi connectivity index (χ0n) is 13.2. The predicted molar refractivity (Wildman–Crippen MR) is 100 cm³/mol. The summed E-state index contributed by atoms with van der Waals surface area (Å²) in [5.74, 6) is 0.496. The molecule has 2 aromatic carbocycles. The Morgan fingerprint density at radius 2 is 1.96 bits per heavy atom. The number of carbonyl (C=O) groups is 1. The number of hydrogen-bond acceptors (Lipinski definition) is 4. The van der Waals surface area contributed by atoms with Crippen molar-refractivity contribution in [2.45, 2.75) is 0 Å². The van der Waals surface area contributed by atoms with E-state index in [2.05, 4.69) is 16.6 Å². The highest BCUT2D eigenvalue weighted by Crippen LogP contribution is 2.25. The topological polar surface area (TPSA) is 78.4 Å². The second-order valence-electron chi connectivity index (χ2n) is 5.18. The zero-order chi connectivity index (χ0) is 18.5. The lowest BCUT2D eigenvalue weighted by Gasteiger charge is -2.02. The Hall–Kier alpha value is -3.07. The van der Waals surface area contributed by atoms with E-state index in [-0.39, 0.29) is 10.6 Å². The lowest BCUT2D eigenvalue weighted by atomic mass is 10.1. The van der Waals surface area contributed by atoms with Crippen molar-refractivity contribution in [3.63, 3.8) is 0 Å². The van der Waals surface area contributed by atoms with Crippen LogP contribution in [0, 0.1) is 11.3 Å². The first kappa shape index (κ1) is 17.7. The van der Waals surface area contributed by atoms with Crippen molar-refractivity contribution < 1.29 is 9.21 Å². The van der Waals surface area contributed by atoms with E-state index < -0.39 is 5.91 Å². The number of rotatable bonds is 4. The molecule has 128 valence electrons. The monoisotopic (exact) mass is 383 g/mol. The van der Waals surface area contributed by atoms with Crippen molar-refractivity contribution in [3.8, 4) is 17.4 Å². The van der Waals surface area contributed by atoms with Crippen LogP contribution in [0.4, 0.5) is 0 Å². The van der Waals surface area contributed by atoms with E-state index in [1.165, 1.54) is 18.3 Å². The molecule has 1 aromatic heterocycles. The van der Waals surface area contributed by atoms with Crippen LogP contribution in [0.5, 0.6) is 0 Å². The molecule has 1 N–H and O–H groups in total. The Balaban J connectivity index is 1.71. The largest absolute Gasteiger partial charge is 0.455 e. The molecule has 0 aliphatic rings. The molecule has 0 aliphatic heterocycles. The predicted octanol–water partition coefficient (Wildman–Crippen LogP) is 4.89. The molecule has 0 spiro atoms. The molecule has 5 nitrogen and oxygen atoms in total. The Kier molecular flexibility index (Phi) is 5.37. The zero-order valence-corrected chi connectivity index (χ0v) is 14.8. The van der Waals surface area contributed by atoms with Crippen molar-refractivity contribution in [2.24, 2.45) is 5.10 Å². The average Bonchev–Trinajstić information content (AvgIpc) is 3.10. The molecule has 0 fully saturated rings. The summed E-state index contributed by atoms with van der Waals surface area (Å²) in [4.78, 5) is 12.1. The number of nitriles is 1. The van der Waals surface area contributed by atoms with Crippen LogP contribution < -0.4 is 5.43 Å². The first-order chi connectivity index (χ1) is 12.6. The van der Waals surface area contributed by atoms with Crippen molar-refractivity contribution in [1.29, 1.82) is 5.26 Å². The first-order valence-electron chi connectivity index (χ1n) is 7.46. The molecule has 0 saturated heterocycles. The van der Waals surface area contributed by atoms with Crippen LogP contribution in [0.2, 0.25) is 10.0 Å². The number of benzene rings is 2. The number of hydrazone groups is 1. The molecule has 0 aliphatic carbocycles. The minimum absolute atomic E-state index is 0.235. The highest BCUT2D eigenvalue weighted by Gasteiger charge is 2.10. The molecule has 3 rings (SSSR count). The van der Waals surface area contributed by atoms with Crippen molar-refractivity contribution in [3.05, 3.63) is 81.5 Å². The number of furan rings is 1. The summed E-state index contributed by atoms with van der Waals surface area (Å²) in [6.07, 6.45) is 1.36. The van der Waals surface area contributed by atoms with Gasteiger partial charge in [0.25, 0.3) is 5.91 Å². The molecule has 7 heteroatoms. The molecule has 0 atom stereocenters. The lowest BCUT2D eigenvalue weighted by molar-refractivity contribution is 0.0955. The number of nitrogens with zero attached hydrogens (tertiary/aromatic N) is 2. The molecule has 1 heterocycles. The van der Waals surface area contributed by atoms with E-state index in [0.717, 1.165) is 0 Å². The van der Waals surface area contributed by atoms with Gasteiger partial charge in [0.05, 0.1) is 28.4 Å². The van der Waals surface area contributed by atoms with Crippen LogP contribution in [0.1, 0.15) is 21.7 Å². The molecule has 26 heavy (non-hydrogen) atoms. The molecule has 0 saturated carbocycles. The third-order valence-corrected chi connectivity index (χ3v) is 4.02. The van der Waals surface area contributed by atoms with E-state index in [1.54, 1.807) is 36.4 Å². The van der Waals surface area contributed by atoms with Crippen molar-refractivity contribution in [1.82, 2.24) is 5.43 Å². The van der Waals surface area contributed by atoms with Gasteiger partial charge in [-0.3, -0.25) is 4.79 Å². The maximum atomic E-state index is 12.1. The SMILES string of the molecule is N#Cc1ccccc1-c1ccc(/C=N/NC(=O)c2ccc(Cl)cc2Cl)o1. The summed E-state index contributed by atoms with van der Waals surface area (Å²) < 4.78 is 5.64. The highest BCUT2D eigenvalue weighted by molar-refractivity contribution is 6.36. The number of halogens is 2. The quantitative estimate of drug-likeness (QED) is 0.514. The summed E-state index contributed by atoms with van der Waals surface area (Å²) >= 11 is 11.8. The normalized spacial score (nSPS) is 10.7. The number of carbonyl (C=O) groups excluding carboxylic acids is 1. The Morgan fingerprint density at radius 1 is 1.15 bits per heavy atom. The fourth-order valence-electron chi connectivity index (χ4n) is 2.25. The summed E-state index contributed by atoms with van der Waals surface area (Å²) in [7, 11) is 0. The van der Waals surface area contributed by atoms with Gasteiger partial charge in [-0.05, 0) is 42.5 Å². The number of nitrogens with one attached hydrogen (secondary N) is 1. The van der Waals surface area contributed by atoms with Crippen molar-refractivity contribution in [2.75, 3.05) is 0 Å². The number of hydrogen-bond donors (Lipinski definition) is 1. The molecule has 3 aromatic rings. The van der Waals surface area contributed by atoms with Crippen LogP contribution in [-0.2, 0) is 0 Å². The van der Waals surface area contributed by atoms with Gasteiger partial charge >= 0.3 is 0 Å². The molecular formula is C19H11Cl2N3O2. The molecular weight excluding hydrogens is 373 g/mol. The first-order valence-corrected chi connectivity index (χ1v) is 8.22. The van der Waals surface area contributed by atoms with Gasteiger partial charge < -0.3 is 4.42 Å². The minimum atomic E-state index is -0.468. The maximum absolute atomic E-state index is 12.1. The third kappa shape index (κ3) is 3.94. The molecule has 0 radical (unpaired) electrons. The number of amides is 1. The van der Waals surface area contributed by atoms with E-state index in [4.69, 9.17) is 32.9 Å². The fraction of sp³-hybridized carbons (Fsp3) is 0. The summed E-state index contributed by atoms with van der Waals surface area (Å²) in [6.45, 7) is 0. The minimum Gasteiger partial charge on any atom is -0.455 e.